The van der Waals surface area contributed by atoms with Crippen LogP contribution >= 0.6 is 11.8 Å². The average Bonchev–Trinajstić information content (AvgIpc) is 3.24. The molecular formula is C32H47BF5O3S. The van der Waals surface area contributed by atoms with Crippen LogP contribution < -0.4 is 4.65 Å². The molecule has 42 heavy (non-hydrogen) atoms. The van der Waals surface area contributed by atoms with Crippen LogP contribution in [0.25, 0.3) is 0 Å². The first-order chi connectivity index (χ1) is 20.0. The van der Waals surface area contributed by atoms with Crippen molar-refractivity contribution in [3.63, 3.8) is 0 Å². The van der Waals surface area contributed by atoms with Crippen molar-refractivity contribution >= 4 is 19.4 Å². The molecule has 0 spiro atoms. The molecular weight excluding hydrogens is 570 g/mol. The third-order valence-corrected chi connectivity index (χ3v) is 11.7. The molecule has 4 rings (SSSR count). The lowest BCUT2D eigenvalue weighted by molar-refractivity contribution is -0.284. The standard InChI is InChI=1S/C32H47BF5O3S/c1-30-17-15-26-25-12-11-24(41-33-40)21-23(25)20-22(29(26)27(30)13-14-28(30)39)10-7-5-3-2-4-6-8-18-42-19-9-16-31(34,35)32(36,37)38/h11-12,21-22,26-29,39-40H,2-10,13-20H2,1H3/t22-,26-,27+,28+,29-,30+/m1/s1. The molecule has 3 aliphatic carbocycles. The van der Waals surface area contributed by atoms with E-state index < -0.39 is 18.5 Å². The Bertz CT molecular complexity index is 995. The fraction of sp³-hybridized carbons (Fsp3) is 0.812. The summed E-state index contributed by atoms with van der Waals surface area (Å²) in [5.41, 5.74) is 2.80. The van der Waals surface area contributed by atoms with Crippen LogP contribution in [0.4, 0.5) is 22.0 Å². The molecule has 1 aromatic carbocycles. The van der Waals surface area contributed by atoms with Crippen molar-refractivity contribution in [3.8, 4) is 5.75 Å². The minimum absolute atomic E-state index is 0.0260. The number of aliphatic hydroxyl groups is 1. The molecule has 3 aliphatic rings. The number of halogens is 5. The highest BCUT2D eigenvalue weighted by Crippen LogP contribution is 2.62. The van der Waals surface area contributed by atoms with Gasteiger partial charge in [0.1, 0.15) is 5.75 Å². The highest BCUT2D eigenvalue weighted by atomic mass is 32.2. The Morgan fingerprint density at radius 1 is 0.952 bits per heavy atom. The first kappa shape index (κ1) is 33.9. The van der Waals surface area contributed by atoms with E-state index >= 15 is 0 Å². The quantitative estimate of drug-likeness (QED) is 0.111. The lowest BCUT2D eigenvalue weighted by atomic mass is 9.52. The number of rotatable bonds is 16. The third kappa shape index (κ3) is 7.98. The maximum Gasteiger partial charge on any atom is 0.569 e. The number of hydrogen-bond acceptors (Lipinski definition) is 4. The molecule has 0 heterocycles. The second-order valence-corrected chi connectivity index (χ2v) is 14.4. The van der Waals surface area contributed by atoms with Crippen molar-refractivity contribution < 1.29 is 36.7 Å². The first-order valence-electron chi connectivity index (χ1n) is 15.9. The Labute approximate surface area is 253 Å². The summed E-state index contributed by atoms with van der Waals surface area (Å²) in [4.78, 5) is 0. The van der Waals surface area contributed by atoms with E-state index in [9.17, 15) is 27.1 Å². The maximum absolute atomic E-state index is 12.9. The molecule has 1 radical (unpaired) electrons. The fourth-order valence-corrected chi connectivity index (χ4v) is 9.25. The Morgan fingerprint density at radius 3 is 2.36 bits per heavy atom. The zero-order valence-corrected chi connectivity index (χ0v) is 25.6. The summed E-state index contributed by atoms with van der Waals surface area (Å²) in [6.07, 6.45) is 7.40. The summed E-state index contributed by atoms with van der Waals surface area (Å²) in [5, 5.41) is 20.0. The normalized spacial score (nSPS) is 29.1. The Kier molecular flexibility index (Phi) is 12.0. The zero-order valence-electron chi connectivity index (χ0n) is 24.8. The third-order valence-electron chi connectivity index (χ3n) is 10.6. The van der Waals surface area contributed by atoms with Gasteiger partial charge in [-0.2, -0.15) is 33.7 Å². The molecule has 1 aromatic rings. The van der Waals surface area contributed by atoms with Crippen LogP contribution in [0.3, 0.4) is 0 Å². The minimum Gasteiger partial charge on any atom is -0.537 e. The SMILES string of the molecule is C[C@]12CC[C@@H]3c4ccc(O[B]O)cc4C[C@@H](CCCCCCCCCSCCCC(F)(F)C(F)(F)F)[C@H]3[C@@H]1CC[C@@H]2O. The van der Waals surface area contributed by atoms with E-state index in [-0.39, 0.29) is 17.9 Å². The van der Waals surface area contributed by atoms with Crippen LogP contribution in [0.5, 0.6) is 5.75 Å². The topological polar surface area (TPSA) is 49.7 Å². The number of benzene rings is 1. The van der Waals surface area contributed by atoms with Gasteiger partial charge in [0.2, 0.25) is 0 Å². The van der Waals surface area contributed by atoms with Crippen LogP contribution in [0.1, 0.15) is 114 Å². The molecule has 2 fully saturated rings. The minimum atomic E-state index is -5.45. The van der Waals surface area contributed by atoms with Gasteiger partial charge in [0.25, 0.3) is 0 Å². The second kappa shape index (κ2) is 14.9. The monoisotopic (exact) mass is 617 g/mol. The Morgan fingerprint density at radius 2 is 1.64 bits per heavy atom. The van der Waals surface area contributed by atoms with E-state index in [0.29, 0.717) is 35.2 Å². The number of aliphatic hydroxyl groups excluding tert-OH is 1. The van der Waals surface area contributed by atoms with Gasteiger partial charge in [-0.05, 0) is 115 Å². The number of alkyl halides is 5. The molecule has 0 saturated heterocycles. The van der Waals surface area contributed by atoms with Gasteiger partial charge in [-0.15, -0.1) is 0 Å². The molecule has 2 saturated carbocycles. The van der Waals surface area contributed by atoms with Crippen LogP contribution in [0.2, 0.25) is 0 Å². The summed E-state index contributed by atoms with van der Waals surface area (Å²) >= 11 is 1.47. The summed E-state index contributed by atoms with van der Waals surface area (Å²) in [6.45, 7) is 2.32. The zero-order chi connectivity index (χ0) is 30.4. The summed E-state index contributed by atoms with van der Waals surface area (Å²) in [7, 11) is 0.738. The largest absolute Gasteiger partial charge is 0.569 e. The van der Waals surface area contributed by atoms with Crippen molar-refractivity contribution in [3.05, 3.63) is 29.3 Å². The molecule has 3 nitrogen and oxygen atoms in total. The predicted molar refractivity (Wildman–Crippen MR) is 159 cm³/mol. The smallest absolute Gasteiger partial charge is 0.537 e. The van der Waals surface area contributed by atoms with Crippen LogP contribution in [0, 0.1) is 23.2 Å². The van der Waals surface area contributed by atoms with E-state index in [1.54, 1.807) is 0 Å². The average molecular weight is 618 g/mol. The van der Waals surface area contributed by atoms with E-state index in [2.05, 4.69) is 19.1 Å². The Balaban J connectivity index is 1.17. The highest BCUT2D eigenvalue weighted by Gasteiger charge is 2.57. The second-order valence-electron chi connectivity index (χ2n) is 13.2. The molecule has 0 amide bonds. The molecule has 10 heteroatoms. The van der Waals surface area contributed by atoms with E-state index in [1.807, 2.05) is 6.07 Å². The molecule has 6 atom stereocenters. The van der Waals surface area contributed by atoms with E-state index in [0.717, 1.165) is 71.2 Å². The van der Waals surface area contributed by atoms with Gasteiger partial charge in [0.15, 0.2) is 0 Å². The predicted octanol–water partition coefficient (Wildman–Crippen LogP) is 8.87. The van der Waals surface area contributed by atoms with Crippen molar-refractivity contribution in [2.75, 3.05) is 11.5 Å². The molecule has 0 bridgehead atoms. The van der Waals surface area contributed by atoms with Crippen LogP contribution in [-0.2, 0) is 6.42 Å². The van der Waals surface area contributed by atoms with Crippen LogP contribution in [-0.4, -0.2) is 47.5 Å². The first-order valence-corrected chi connectivity index (χ1v) is 17.1. The van der Waals surface area contributed by atoms with Crippen molar-refractivity contribution in [1.29, 1.82) is 0 Å². The van der Waals surface area contributed by atoms with Gasteiger partial charge in [0.05, 0.1) is 6.10 Å². The number of hydrogen-bond donors (Lipinski definition) is 2. The summed E-state index contributed by atoms with van der Waals surface area (Å²) in [6, 6.07) is 6.25. The number of fused-ring (bicyclic) bond motifs is 5. The summed E-state index contributed by atoms with van der Waals surface area (Å²) in [5.74, 6) is -0.497. The number of thioether (sulfide) groups is 1. The molecule has 0 aromatic heterocycles. The number of unbranched alkanes of at least 4 members (excludes halogenated alkanes) is 6. The van der Waals surface area contributed by atoms with Crippen molar-refractivity contribution in [2.45, 2.75) is 127 Å². The lowest BCUT2D eigenvalue weighted by Crippen LogP contribution is -2.47. The van der Waals surface area contributed by atoms with Crippen molar-refractivity contribution in [1.82, 2.24) is 0 Å². The highest BCUT2D eigenvalue weighted by molar-refractivity contribution is 7.99. The Hall–Kier alpha value is -0.995. The van der Waals surface area contributed by atoms with Crippen molar-refractivity contribution in [2.24, 2.45) is 23.2 Å². The summed E-state index contributed by atoms with van der Waals surface area (Å²) < 4.78 is 67.8. The molecule has 2 N–H and O–H groups in total. The van der Waals surface area contributed by atoms with Gasteiger partial charge in [-0.1, -0.05) is 51.5 Å². The maximum atomic E-state index is 12.9. The molecule has 0 aliphatic heterocycles. The van der Waals surface area contributed by atoms with Gasteiger partial charge in [0, 0.05) is 6.42 Å². The molecule has 0 unspecified atom stereocenters. The van der Waals surface area contributed by atoms with E-state index in [1.165, 1.54) is 48.6 Å². The fourth-order valence-electron chi connectivity index (χ4n) is 8.29. The van der Waals surface area contributed by atoms with Crippen LogP contribution in [0.15, 0.2) is 18.2 Å². The lowest BCUT2D eigenvalue weighted by Gasteiger charge is -2.53. The molecule has 237 valence electrons. The van der Waals surface area contributed by atoms with Gasteiger partial charge < -0.3 is 14.8 Å². The van der Waals surface area contributed by atoms with Gasteiger partial charge >= 0.3 is 19.8 Å². The van der Waals surface area contributed by atoms with E-state index in [4.69, 9.17) is 9.68 Å². The van der Waals surface area contributed by atoms with Gasteiger partial charge in [-0.3, -0.25) is 0 Å². The van der Waals surface area contributed by atoms with Gasteiger partial charge in [-0.25, -0.2) is 0 Å².